The molecule has 1 heterocycles. The van der Waals surface area contributed by atoms with Crippen molar-refractivity contribution in [2.45, 2.75) is 18.1 Å². The molecule has 1 aliphatic rings. The number of ether oxygens (including phenoxy) is 1. The molecule has 0 aromatic heterocycles. The Morgan fingerprint density at radius 3 is 2.68 bits per heavy atom. The number of sulfonamides is 1. The molecule has 0 radical (unpaired) electrons. The molecule has 106 valence electrons. The predicted octanol–water partition coefficient (Wildman–Crippen LogP) is 1.95. The zero-order chi connectivity index (χ0) is 13.9. The number of hydrogen-bond donors (Lipinski definition) is 1. The summed E-state index contributed by atoms with van der Waals surface area (Å²) in [5.41, 5.74) is 1.13. The number of nitrogens with one attached hydrogen (secondary N) is 1. The van der Waals surface area contributed by atoms with E-state index in [1.54, 1.807) is 0 Å². The number of halogens is 1. The minimum absolute atomic E-state index is 0.00683. The molecular formula is C13H18BrNO3S. The molecule has 1 N–H and O–H groups in total. The quantitative estimate of drug-likeness (QED) is 0.905. The Bertz CT molecular complexity index is 515. The maximum Gasteiger partial charge on any atom is 0.214 e. The van der Waals surface area contributed by atoms with Crippen LogP contribution in [0.2, 0.25) is 0 Å². The van der Waals surface area contributed by atoms with Crippen molar-refractivity contribution in [3.05, 3.63) is 34.3 Å². The molecule has 0 amide bonds. The fourth-order valence-electron chi connectivity index (χ4n) is 2.45. The van der Waals surface area contributed by atoms with Crippen LogP contribution in [0.1, 0.15) is 12.0 Å². The van der Waals surface area contributed by atoms with Crippen LogP contribution in [0.4, 0.5) is 0 Å². The van der Waals surface area contributed by atoms with E-state index in [4.69, 9.17) is 4.74 Å². The highest BCUT2D eigenvalue weighted by Crippen LogP contribution is 2.25. The van der Waals surface area contributed by atoms with Crippen LogP contribution in [0, 0.1) is 5.92 Å². The van der Waals surface area contributed by atoms with Gasteiger partial charge in [0.25, 0.3) is 0 Å². The highest BCUT2D eigenvalue weighted by Gasteiger charge is 2.35. The molecule has 6 heteroatoms. The SMILES string of the molecule is CNS(=O)(=O)[C@H]1CCOC[C@@H]1Cc1ccc(Br)cc1. The molecule has 1 aromatic carbocycles. The molecule has 0 bridgehead atoms. The molecule has 1 aliphatic heterocycles. The summed E-state index contributed by atoms with van der Waals surface area (Å²) in [6.07, 6.45) is 1.28. The molecule has 0 saturated carbocycles. The van der Waals surface area contributed by atoms with E-state index in [0.29, 0.717) is 19.6 Å². The number of hydrogen-bond acceptors (Lipinski definition) is 3. The van der Waals surface area contributed by atoms with Gasteiger partial charge in [0.05, 0.1) is 11.9 Å². The first-order chi connectivity index (χ1) is 9.03. The summed E-state index contributed by atoms with van der Waals surface area (Å²) in [5, 5.41) is -0.366. The second-order valence-corrected chi connectivity index (χ2v) is 7.76. The molecule has 2 rings (SSSR count). The van der Waals surface area contributed by atoms with Crippen molar-refractivity contribution in [3.63, 3.8) is 0 Å². The second-order valence-electron chi connectivity index (χ2n) is 4.74. The average molecular weight is 348 g/mol. The maximum atomic E-state index is 12.0. The third-order valence-corrected chi connectivity index (χ3v) is 6.01. The van der Waals surface area contributed by atoms with Gasteiger partial charge in [-0.2, -0.15) is 0 Å². The molecule has 19 heavy (non-hydrogen) atoms. The van der Waals surface area contributed by atoms with Crippen LogP contribution in [0.5, 0.6) is 0 Å². The van der Waals surface area contributed by atoms with Crippen LogP contribution in [0.15, 0.2) is 28.7 Å². The van der Waals surface area contributed by atoms with Crippen LogP contribution in [0.3, 0.4) is 0 Å². The largest absolute Gasteiger partial charge is 0.381 e. The Morgan fingerprint density at radius 1 is 1.37 bits per heavy atom. The molecule has 2 atom stereocenters. The van der Waals surface area contributed by atoms with Gasteiger partial charge in [0, 0.05) is 17.0 Å². The van der Waals surface area contributed by atoms with E-state index in [2.05, 4.69) is 20.7 Å². The van der Waals surface area contributed by atoms with Crippen LogP contribution >= 0.6 is 15.9 Å². The van der Waals surface area contributed by atoms with Crippen LogP contribution < -0.4 is 4.72 Å². The van der Waals surface area contributed by atoms with Crippen molar-refractivity contribution in [2.75, 3.05) is 20.3 Å². The van der Waals surface area contributed by atoms with Gasteiger partial charge in [0.1, 0.15) is 0 Å². The third-order valence-electron chi connectivity index (χ3n) is 3.50. The molecule has 0 aliphatic carbocycles. The lowest BCUT2D eigenvalue weighted by molar-refractivity contribution is 0.0570. The summed E-state index contributed by atoms with van der Waals surface area (Å²) in [5.74, 6) is 0.00683. The van der Waals surface area contributed by atoms with Gasteiger partial charge in [-0.15, -0.1) is 0 Å². The Balaban J connectivity index is 2.14. The molecular weight excluding hydrogens is 330 g/mol. The summed E-state index contributed by atoms with van der Waals surface area (Å²) in [7, 11) is -1.76. The standard InChI is InChI=1S/C13H18BrNO3S/c1-15-19(16,17)13-6-7-18-9-11(13)8-10-2-4-12(14)5-3-10/h2-5,11,13,15H,6-9H2,1H3/t11-,13-/m0/s1. The van der Waals surface area contributed by atoms with E-state index in [9.17, 15) is 8.42 Å². The third kappa shape index (κ3) is 3.78. The highest BCUT2D eigenvalue weighted by atomic mass is 79.9. The fraction of sp³-hybridized carbons (Fsp3) is 0.538. The first kappa shape index (κ1) is 15.0. The Kier molecular flexibility index (Phi) is 5.00. The minimum atomic E-state index is -3.24. The minimum Gasteiger partial charge on any atom is -0.381 e. The van der Waals surface area contributed by atoms with Gasteiger partial charge in [0.15, 0.2) is 0 Å². The molecule has 0 spiro atoms. The highest BCUT2D eigenvalue weighted by molar-refractivity contribution is 9.10. The molecule has 4 nitrogen and oxygen atoms in total. The number of rotatable bonds is 4. The van der Waals surface area contributed by atoms with Gasteiger partial charge < -0.3 is 4.74 Å². The zero-order valence-electron chi connectivity index (χ0n) is 10.8. The van der Waals surface area contributed by atoms with Gasteiger partial charge >= 0.3 is 0 Å². The van der Waals surface area contributed by atoms with Crippen LogP contribution in [-0.4, -0.2) is 33.9 Å². The molecule has 1 saturated heterocycles. The van der Waals surface area contributed by atoms with Crippen molar-refractivity contribution in [3.8, 4) is 0 Å². The van der Waals surface area contributed by atoms with Gasteiger partial charge in [0.2, 0.25) is 10.0 Å². The second kappa shape index (κ2) is 6.35. The Labute approximate surface area is 122 Å². The van der Waals surface area contributed by atoms with Crippen molar-refractivity contribution < 1.29 is 13.2 Å². The van der Waals surface area contributed by atoms with Crippen LogP contribution in [-0.2, 0) is 21.2 Å². The molecule has 1 aromatic rings. The lowest BCUT2D eigenvalue weighted by atomic mass is 9.94. The van der Waals surface area contributed by atoms with Gasteiger partial charge in [-0.1, -0.05) is 28.1 Å². The van der Waals surface area contributed by atoms with E-state index >= 15 is 0 Å². The average Bonchev–Trinajstić information content (AvgIpc) is 2.42. The number of benzene rings is 1. The zero-order valence-corrected chi connectivity index (χ0v) is 13.2. The summed E-state index contributed by atoms with van der Waals surface area (Å²) >= 11 is 3.39. The molecule has 1 fully saturated rings. The van der Waals surface area contributed by atoms with Crippen molar-refractivity contribution >= 4 is 26.0 Å². The summed E-state index contributed by atoms with van der Waals surface area (Å²) in [6.45, 7) is 1.02. The first-order valence-corrected chi connectivity index (χ1v) is 8.61. The predicted molar refractivity (Wildman–Crippen MR) is 78.5 cm³/mol. The normalized spacial score (nSPS) is 24.3. The molecule has 0 unspecified atom stereocenters. The van der Waals surface area contributed by atoms with Crippen molar-refractivity contribution in [2.24, 2.45) is 5.92 Å². The van der Waals surface area contributed by atoms with Crippen molar-refractivity contribution in [1.82, 2.24) is 4.72 Å². The lowest BCUT2D eigenvalue weighted by Crippen LogP contribution is -2.43. The van der Waals surface area contributed by atoms with Gasteiger partial charge in [-0.3, -0.25) is 0 Å². The topological polar surface area (TPSA) is 55.4 Å². The monoisotopic (exact) mass is 347 g/mol. The van der Waals surface area contributed by atoms with Gasteiger partial charge in [-0.25, -0.2) is 13.1 Å². The Hall–Kier alpha value is -0.430. The first-order valence-electron chi connectivity index (χ1n) is 6.27. The van der Waals surface area contributed by atoms with E-state index in [1.807, 2.05) is 24.3 Å². The van der Waals surface area contributed by atoms with Crippen molar-refractivity contribution in [1.29, 1.82) is 0 Å². The van der Waals surface area contributed by atoms with Crippen LogP contribution in [0.25, 0.3) is 0 Å². The summed E-state index contributed by atoms with van der Waals surface area (Å²) < 4.78 is 33.0. The lowest BCUT2D eigenvalue weighted by Gasteiger charge is -2.31. The summed E-state index contributed by atoms with van der Waals surface area (Å²) in [6, 6.07) is 7.98. The maximum absolute atomic E-state index is 12.0. The van der Waals surface area contributed by atoms with E-state index < -0.39 is 10.0 Å². The summed E-state index contributed by atoms with van der Waals surface area (Å²) in [4.78, 5) is 0. The van der Waals surface area contributed by atoms with E-state index in [0.717, 1.165) is 16.5 Å². The Morgan fingerprint density at radius 2 is 2.05 bits per heavy atom. The van der Waals surface area contributed by atoms with Gasteiger partial charge in [-0.05, 0) is 37.6 Å². The van der Waals surface area contributed by atoms with E-state index in [-0.39, 0.29) is 11.2 Å². The fourth-order valence-corrected chi connectivity index (χ4v) is 4.11. The smallest absolute Gasteiger partial charge is 0.214 e. The van der Waals surface area contributed by atoms with E-state index in [1.165, 1.54) is 7.05 Å².